The summed E-state index contributed by atoms with van der Waals surface area (Å²) in [4.78, 5) is 11.3. The molecule has 0 aromatic carbocycles. The summed E-state index contributed by atoms with van der Waals surface area (Å²) in [5, 5.41) is 6.03. The van der Waals surface area contributed by atoms with Crippen LogP contribution in [0.25, 0.3) is 0 Å². The lowest BCUT2D eigenvalue weighted by Gasteiger charge is -2.08. The van der Waals surface area contributed by atoms with Crippen LogP contribution in [-0.2, 0) is 18.3 Å². The molecule has 0 aliphatic heterocycles. The van der Waals surface area contributed by atoms with Gasteiger partial charge < -0.3 is 5.32 Å². The Balaban J connectivity index is 2.48. The third-order valence-electron chi connectivity index (χ3n) is 2.75. The Morgan fingerprint density at radius 1 is 1.39 bits per heavy atom. The number of aryl methyl sites for hydroxylation is 2. The molecule has 0 fully saturated rings. The van der Waals surface area contributed by atoms with E-state index in [1.807, 2.05) is 19.2 Å². The summed E-state index contributed by atoms with van der Waals surface area (Å²) < 4.78 is 37.3. The van der Waals surface area contributed by atoms with Crippen LogP contribution in [0.15, 0.2) is 0 Å². The summed E-state index contributed by atoms with van der Waals surface area (Å²) in [5.41, 5.74) is 2.65. The summed E-state index contributed by atoms with van der Waals surface area (Å²) in [5.74, 6) is -0.602. The van der Waals surface area contributed by atoms with Crippen molar-refractivity contribution in [3.63, 3.8) is 0 Å². The normalized spacial score (nSPS) is 11.7. The van der Waals surface area contributed by atoms with Crippen molar-refractivity contribution in [2.24, 2.45) is 7.05 Å². The quantitative estimate of drug-likeness (QED) is 0.897. The molecule has 1 rings (SSSR count). The average Bonchev–Trinajstić information content (AvgIpc) is 2.47. The number of alkyl halides is 3. The molecule has 4 nitrogen and oxygen atoms in total. The van der Waals surface area contributed by atoms with Crippen LogP contribution in [0, 0.1) is 13.8 Å². The molecule has 0 saturated heterocycles. The van der Waals surface area contributed by atoms with Gasteiger partial charge in [0, 0.05) is 19.2 Å². The maximum atomic E-state index is 11.9. The molecule has 1 amide bonds. The molecule has 102 valence electrons. The van der Waals surface area contributed by atoms with Gasteiger partial charge in [-0.05, 0) is 25.8 Å². The first kappa shape index (κ1) is 14.5. The number of rotatable bonds is 4. The van der Waals surface area contributed by atoms with Gasteiger partial charge in [0.2, 0.25) is 5.91 Å². The molecule has 7 heteroatoms. The predicted molar refractivity (Wildman–Crippen MR) is 60.1 cm³/mol. The number of carbonyl (C=O) groups is 1. The first-order valence-electron chi connectivity index (χ1n) is 5.53. The minimum Gasteiger partial charge on any atom is -0.347 e. The maximum absolute atomic E-state index is 11.9. The van der Waals surface area contributed by atoms with Gasteiger partial charge in [-0.2, -0.15) is 18.3 Å². The Bertz CT molecular complexity index is 437. The minimum atomic E-state index is -4.37. The lowest BCUT2D eigenvalue weighted by Crippen LogP contribution is -2.33. The van der Waals surface area contributed by atoms with E-state index in [2.05, 4.69) is 5.10 Å². The molecule has 0 unspecified atom stereocenters. The second-order valence-electron chi connectivity index (χ2n) is 4.16. The van der Waals surface area contributed by atoms with Gasteiger partial charge in [0.15, 0.2) is 0 Å². The molecule has 1 aromatic heterocycles. The van der Waals surface area contributed by atoms with Gasteiger partial charge in [0.25, 0.3) is 0 Å². The second kappa shape index (κ2) is 5.41. The Morgan fingerprint density at radius 3 is 2.44 bits per heavy atom. The third kappa shape index (κ3) is 4.05. The summed E-state index contributed by atoms with van der Waals surface area (Å²) >= 11 is 0. The maximum Gasteiger partial charge on any atom is 0.405 e. The molecule has 18 heavy (non-hydrogen) atoms. The van der Waals surface area contributed by atoms with Crippen LogP contribution in [0.1, 0.15) is 23.4 Å². The lowest BCUT2D eigenvalue weighted by molar-refractivity contribution is -0.138. The van der Waals surface area contributed by atoms with Gasteiger partial charge in [-0.15, -0.1) is 0 Å². The first-order valence-corrected chi connectivity index (χ1v) is 5.53. The summed E-state index contributed by atoms with van der Waals surface area (Å²) in [6.45, 7) is 2.40. The number of amides is 1. The topological polar surface area (TPSA) is 46.9 Å². The predicted octanol–water partition coefficient (Wildman–Crippen LogP) is 1.65. The number of aromatic nitrogens is 2. The van der Waals surface area contributed by atoms with Crippen LogP contribution in [0.2, 0.25) is 0 Å². The van der Waals surface area contributed by atoms with E-state index in [4.69, 9.17) is 0 Å². The number of hydrogen-bond acceptors (Lipinski definition) is 2. The summed E-state index contributed by atoms with van der Waals surface area (Å²) in [7, 11) is 1.79. The fourth-order valence-corrected chi connectivity index (χ4v) is 1.71. The molecule has 0 atom stereocenters. The molecule has 0 spiro atoms. The molecule has 1 heterocycles. The van der Waals surface area contributed by atoms with E-state index in [1.165, 1.54) is 0 Å². The first-order chi connectivity index (χ1) is 8.20. The highest BCUT2D eigenvalue weighted by atomic mass is 19.4. The second-order valence-corrected chi connectivity index (χ2v) is 4.16. The summed E-state index contributed by atoms with van der Waals surface area (Å²) in [6.07, 6.45) is -3.94. The fraction of sp³-hybridized carbons (Fsp3) is 0.636. The molecule has 0 aliphatic carbocycles. The number of hydrogen-bond donors (Lipinski definition) is 1. The van der Waals surface area contributed by atoms with E-state index >= 15 is 0 Å². The molecule has 1 aromatic rings. The van der Waals surface area contributed by atoms with Crippen molar-refractivity contribution in [1.29, 1.82) is 0 Å². The number of halogens is 3. The number of carbonyl (C=O) groups excluding carboxylic acids is 1. The van der Waals surface area contributed by atoms with E-state index in [9.17, 15) is 18.0 Å². The van der Waals surface area contributed by atoms with Crippen LogP contribution in [0.5, 0.6) is 0 Å². The van der Waals surface area contributed by atoms with E-state index in [1.54, 1.807) is 11.7 Å². The molecule has 0 radical (unpaired) electrons. The monoisotopic (exact) mass is 263 g/mol. The van der Waals surface area contributed by atoms with Crippen molar-refractivity contribution in [3.05, 3.63) is 17.0 Å². The van der Waals surface area contributed by atoms with Crippen LogP contribution in [0.3, 0.4) is 0 Å². The zero-order chi connectivity index (χ0) is 13.9. The molecular formula is C11H16F3N3O. The van der Waals surface area contributed by atoms with Gasteiger partial charge in [0.05, 0.1) is 5.69 Å². The third-order valence-corrected chi connectivity index (χ3v) is 2.75. The Morgan fingerprint density at radius 2 is 2.00 bits per heavy atom. The number of nitrogens with zero attached hydrogens (tertiary/aromatic N) is 2. The SMILES string of the molecule is Cc1nn(C)c(C)c1CCC(=O)NCC(F)(F)F. The van der Waals surface area contributed by atoms with Crippen molar-refractivity contribution in [2.75, 3.05) is 6.54 Å². The average molecular weight is 263 g/mol. The van der Waals surface area contributed by atoms with Gasteiger partial charge in [-0.25, -0.2) is 0 Å². The lowest BCUT2D eigenvalue weighted by atomic mass is 10.1. The largest absolute Gasteiger partial charge is 0.405 e. The van der Waals surface area contributed by atoms with Crippen molar-refractivity contribution >= 4 is 5.91 Å². The van der Waals surface area contributed by atoms with E-state index < -0.39 is 18.6 Å². The van der Waals surface area contributed by atoms with E-state index in [-0.39, 0.29) is 6.42 Å². The highest BCUT2D eigenvalue weighted by Gasteiger charge is 2.27. The van der Waals surface area contributed by atoms with E-state index in [0.29, 0.717) is 6.42 Å². The Labute approximate surface area is 103 Å². The van der Waals surface area contributed by atoms with Crippen LogP contribution in [0.4, 0.5) is 13.2 Å². The highest BCUT2D eigenvalue weighted by Crippen LogP contribution is 2.15. The van der Waals surface area contributed by atoms with Crippen molar-refractivity contribution in [1.82, 2.24) is 15.1 Å². The van der Waals surface area contributed by atoms with Gasteiger partial charge >= 0.3 is 6.18 Å². The van der Waals surface area contributed by atoms with Crippen molar-refractivity contribution in [2.45, 2.75) is 32.9 Å². The summed E-state index contributed by atoms with van der Waals surface area (Å²) in [6, 6.07) is 0. The highest BCUT2D eigenvalue weighted by molar-refractivity contribution is 5.76. The molecule has 0 aliphatic rings. The van der Waals surface area contributed by atoms with Crippen LogP contribution >= 0.6 is 0 Å². The van der Waals surface area contributed by atoms with Gasteiger partial charge in [-0.3, -0.25) is 9.48 Å². The zero-order valence-corrected chi connectivity index (χ0v) is 10.6. The minimum absolute atomic E-state index is 0.0312. The Kier molecular flexibility index (Phi) is 4.37. The number of nitrogens with one attached hydrogen (secondary N) is 1. The van der Waals surface area contributed by atoms with Gasteiger partial charge in [-0.1, -0.05) is 0 Å². The fourth-order valence-electron chi connectivity index (χ4n) is 1.71. The van der Waals surface area contributed by atoms with Crippen molar-refractivity contribution in [3.8, 4) is 0 Å². The smallest absolute Gasteiger partial charge is 0.347 e. The molecule has 0 bridgehead atoms. The van der Waals surface area contributed by atoms with Crippen LogP contribution in [-0.4, -0.2) is 28.4 Å². The van der Waals surface area contributed by atoms with E-state index in [0.717, 1.165) is 17.0 Å². The van der Waals surface area contributed by atoms with Crippen molar-refractivity contribution < 1.29 is 18.0 Å². The molecule has 0 saturated carbocycles. The zero-order valence-electron chi connectivity index (χ0n) is 10.6. The van der Waals surface area contributed by atoms with Crippen LogP contribution < -0.4 is 5.32 Å². The molecular weight excluding hydrogens is 247 g/mol. The standard InChI is InChI=1S/C11H16F3N3O/c1-7-9(8(2)17(3)16-7)4-5-10(18)15-6-11(12,13)14/h4-6H2,1-3H3,(H,15,18). The Hall–Kier alpha value is -1.53. The van der Waals surface area contributed by atoms with Gasteiger partial charge in [0.1, 0.15) is 6.54 Å². The molecule has 1 N–H and O–H groups in total.